The summed E-state index contributed by atoms with van der Waals surface area (Å²) in [5.74, 6) is 0.0882. The molecule has 1 aromatic carbocycles. The number of nitrogens with zero attached hydrogens (tertiary/aromatic N) is 2. The van der Waals surface area contributed by atoms with Crippen LogP contribution in [0.2, 0.25) is 0 Å². The molecule has 0 spiro atoms. The number of hydrogen-bond donors (Lipinski definition) is 0. The number of carbonyl (C=O) groups is 2. The average Bonchev–Trinajstić information content (AvgIpc) is 2.92. The molecule has 0 saturated carbocycles. The minimum absolute atomic E-state index is 0.0138. The van der Waals surface area contributed by atoms with Crippen LogP contribution in [-0.4, -0.2) is 40.5 Å². The number of aryl methyl sites for hydroxylation is 1. The Morgan fingerprint density at radius 3 is 2.54 bits per heavy atom. The summed E-state index contributed by atoms with van der Waals surface area (Å²) < 4.78 is 1.89. The quantitative estimate of drug-likeness (QED) is 0.553. The van der Waals surface area contributed by atoms with E-state index < -0.39 is 0 Å². The lowest BCUT2D eigenvalue weighted by Gasteiger charge is -2.23. The van der Waals surface area contributed by atoms with Gasteiger partial charge in [-0.2, -0.15) is 0 Å². The lowest BCUT2D eigenvalue weighted by molar-refractivity contribution is -0.437. The van der Waals surface area contributed by atoms with Gasteiger partial charge in [0.1, 0.15) is 6.21 Å². The largest absolute Gasteiger partial charge is 0.308 e. The SMILES string of the molecule is CC(=O)N(CC1=CCCC=C1)C1=CCC=[N+](CC(=O)c2ccc(C)cc2)C=C1. The molecule has 4 heteroatoms. The molecule has 1 aliphatic carbocycles. The van der Waals surface area contributed by atoms with Gasteiger partial charge in [-0.3, -0.25) is 9.59 Å². The van der Waals surface area contributed by atoms with Crippen molar-refractivity contribution in [2.45, 2.75) is 33.1 Å². The molecule has 3 rings (SSSR count). The molecule has 0 radical (unpaired) electrons. The third kappa shape index (κ3) is 5.26. The summed E-state index contributed by atoms with van der Waals surface area (Å²) in [7, 11) is 0. The van der Waals surface area contributed by atoms with Gasteiger partial charge in [0, 0.05) is 30.7 Å². The Morgan fingerprint density at radius 2 is 1.86 bits per heavy atom. The van der Waals surface area contributed by atoms with Crippen molar-refractivity contribution >= 4 is 17.9 Å². The molecule has 1 amide bonds. The van der Waals surface area contributed by atoms with E-state index in [1.54, 1.807) is 11.8 Å². The number of amides is 1. The van der Waals surface area contributed by atoms with Crippen molar-refractivity contribution in [1.82, 2.24) is 4.90 Å². The Labute approximate surface area is 166 Å². The zero-order valence-electron chi connectivity index (χ0n) is 16.6. The number of Topliss-reactive ketones (excluding diaryl/α,β-unsaturated/α-hetero) is 1. The van der Waals surface area contributed by atoms with E-state index in [-0.39, 0.29) is 18.2 Å². The lowest BCUT2D eigenvalue weighted by atomic mass is 10.1. The molecule has 0 N–H and O–H groups in total. The zero-order chi connectivity index (χ0) is 19.9. The second kappa shape index (κ2) is 9.27. The maximum absolute atomic E-state index is 12.5. The second-order valence-corrected chi connectivity index (χ2v) is 7.19. The first-order valence-corrected chi connectivity index (χ1v) is 9.74. The molecule has 28 heavy (non-hydrogen) atoms. The van der Waals surface area contributed by atoms with E-state index >= 15 is 0 Å². The van der Waals surface area contributed by atoms with E-state index in [0.29, 0.717) is 18.5 Å². The van der Waals surface area contributed by atoms with E-state index in [9.17, 15) is 9.59 Å². The van der Waals surface area contributed by atoms with Gasteiger partial charge in [-0.1, -0.05) is 54.1 Å². The molecule has 144 valence electrons. The molecule has 1 aliphatic heterocycles. The predicted octanol–water partition coefficient (Wildman–Crippen LogP) is 4.19. The van der Waals surface area contributed by atoms with Crippen molar-refractivity contribution in [3.63, 3.8) is 0 Å². The van der Waals surface area contributed by atoms with E-state index in [2.05, 4.69) is 18.2 Å². The number of ketones is 1. The maximum atomic E-state index is 12.5. The van der Waals surface area contributed by atoms with E-state index in [0.717, 1.165) is 29.7 Å². The van der Waals surface area contributed by atoms with Crippen LogP contribution >= 0.6 is 0 Å². The molecule has 2 aliphatic rings. The standard InChI is InChI=1S/C24H27N2O2/c1-19-10-12-22(13-11-19)24(28)18-25-15-6-9-23(14-16-25)26(20(2)27)17-21-7-4-3-5-8-21/h4,7-16H,3,5-6,17-18H2,1-2H3/q+1. The molecule has 4 nitrogen and oxygen atoms in total. The highest BCUT2D eigenvalue weighted by Crippen LogP contribution is 2.17. The minimum atomic E-state index is 0.0138. The molecule has 0 bridgehead atoms. The van der Waals surface area contributed by atoms with E-state index in [1.165, 1.54) is 0 Å². The fourth-order valence-electron chi connectivity index (χ4n) is 3.28. The number of rotatable bonds is 6. The number of benzene rings is 1. The first kappa shape index (κ1) is 19.7. The second-order valence-electron chi connectivity index (χ2n) is 7.19. The van der Waals surface area contributed by atoms with E-state index in [4.69, 9.17) is 0 Å². The van der Waals surface area contributed by atoms with Crippen molar-refractivity contribution < 1.29 is 14.2 Å². The summed E-state index contributed by atoms with van der Waals surface area (Å²) in [5.41, 5.74) is 3.88. The Hall–Kier alpha value is -3.01. The lowest BCUT2D eigenvalue weighted by Crippen LogP contribution is -2.29. The first-order valence-electron chi connectivity index (χ1n) is 9.74. The number of carbonyl (C=O) groups excluding carboxylic acids is 2. The van der Waals surface area contributed by atoms with Crippen molar-refractivity contribution in [2.24, 2.45) is 0 Å². The molecule has 1 aromatic rings. The molecule has 0 saturated heterocycles. The monoisotopic (exact) mass is 375 g/mol. The molecule has 0 fully saturated rings. The molecule has 1 heterocycles. The van der Waals surface area contributed by atoms with Crippen LogP contribution in [0.1, 0.15) is 42.1 Å². The third-order valence-electron chi connectivity index (χ3n) is 4.91. The van der Waals surface area contributed by atoms with Crippen molar-refractivity contribution in [3.05, 3.63) is 83.2 Å². The fraction of sp³-hybridized carbons (Fsp3) is 0.292. The van der Waals surface area contributed by atoms with E-state index in [1.807, 2.05) is 60.3 Å². The summed E-state index contributed by atoms with van der Waals surface area (Å²) in [5, 5.41) is 0. The molecule has 0 aromatic heterocycles. The first-order chi connectivity index (χ1) is 13.5. The topological polar surface area (TPSA) is 40.4 Å². The van der Waals surface area contributed by atoms with Gasteiger partial charge < -0.3 is 4.90 Å². The third-order valence-corrected chi connectivity index (χ3v) is 4.91. The van der Waals surface area contributed by atoms with Gasteiger partial charge in [-0.15, -0.1) is 0 Å². The molecule has 0 unspecified atom stereocenters. The fourth-order valence-corrected chi connectivity index (χ4v) is 3.28. The summed E-state index contributed by atoms with van der Waals surface area (Å²) in [6.07, 6.45) is 17.0. The Morgan fingerprint density at radius 1 is 1.07 bits per heavy atom. The van der Waals surface area contributed by atoms with Crippen LogP contribution in [0.5, 0.6) is 0 Å². The molecule has 0 atom stereocenters. The van der Waals surface area contributed by atoms with Gasteiger partial charge >= 0.3 is 0 Å². The van der Waals surface area contributed by atoms with Crippen LogP contribution in [0.3, 0.4) is 0 Å². The van der Waals surface area contributed by atoms with Gasteiger partial charge in [0.05, 0.1) is 6.54 Å². The number of allylic oxidation sites excluding steroid dienone is 4. The molecular weight excluding hydrogens is 348 g/mol. The molecular formula is C24H27N2O2+. The van der Waals surface area contributed by atoms with Crippen molar-refractivity contribution in [1.29, 1.82) is 0 Å². The van der Waals surface area contributed by atoms with Crippen LogP contribution in [0.4, 0.5) is 0 Å². The zero-order valence-corrected chi connectivity index (χ0v) is 16.6. The smallest absolute Gasteiger partial charge is 0.227 e. The van der Waals surface area contributed by atoms with Crippen molar-refractivity contribution in [3.8, 4) is 0 Å². The Balaban J connectivity index is 1.67. The predicted molar refractivity (Wildman–Crippen MR) is 112 cm³/mol. The van der Waals surface area contributed by atoms with Crippen LogP contribution in [0.25, 0.3) is 0 Å². The highest BCUT2D eigenvalue weighted by atomic mass is 16.2. The van der Waals surface area contributed by atoms with Crippen LogP contribution in [-0.2, 0) is 4.79 Å². The van der Waals surface area contributed by atoms with Crippen molar-refractivity contribution in [2.75, 3.05) is 13.1 Å². The normalized spacial score (nSPS) is 16.0. The highest BCUT2D eigenvalue weighted by Gasteiger charge is 2.18. The Bertz CT molecular complexity index is 899. The van der Waals surface area contributed by atoms with Crippen LogP contribution in [0, 0.1) is 6.92 Å². The van der Waals surface area contributed by atoms with Gasteiger partial charge in [-0.25, -0.2) is 4.58 Å². The number of hydrogen-bond acceptors (Lipinski definition) is 2. The van der Waals surface area contributed by atoms with Gasteiger partial charge in [-0.05, 0) is 25.3 Å². The van der Waals surface area contributed by atoms with Gasteiger partial charge in [0.25, 0.3) is 0 Å². The van der Waals surface area contributed by atoms with Gasteiger partial charge in [0.15, 0.2) is 6.20 Å². The highest BCUT2D eigenvalue weighted by molar-refractivity contribution is 5.97. The van der Waals surface area contributed by atoms with Gasteiger partial charge in [0.2, 0.25) is 18.2 Å². The maximum Gasteiger partial charge on any atom is 0.227 e. The summed E-state index contributed by atoms with van der Waals surface area (Å²) in [6.45, 7) is 4.46. The van der Waals surface area contributed by atoms with Crippen LogP contribution < -0.4 is 0 Å². The average molecular weight is 375 g/mol. The summed E-state index contributed by atoms with van der Waals surface area (Å²) >= 11 is 0. The minimum Gasteiger partial charge on any atom is -0.308 e. The Kier molecular flexibility index (Phi) is 6.53. The van der Waals surface area contributed by atoms with Crippen LogP contribution in [0.15, 0.2) is 72.1 Å². The summed E-state index contributed by atoms with van der Waals surface area (Å²) in [4.78, 5) is 26.5. The summed E-state index contributed by atoms with van der Waals surface area (Å²) in [6, 6.07) is 7.64.